The van der Waals surface area contributed by atoms with Gasteiger partial charge in [-0.1, -0.05) is 6.07 Å². The standard InChI is InChI=1S/C17H11FN2O4/c18-7-10-1-4-14(12(5-10)8-19)23-9-16-20-13-3-2-11(17(21)22)6-15(13)24-16/h1-6H,7,9H2,(H,21,22). The van der Waals surface area contributed by atoms with Crippen LogP contribution in [0.15, 0.2) is 40.8 Å². The summed E-state index contributed by atoms with van der Waals surface area (Å²) in [4.78, 5) is 15.1. The van der Waals surface area contributed by atoms with Gasteiger partial charge in [0, 0.05) is 0 Å². The Labute approximate surface area is 135 Å². The summed E-state index contributed by atoms with van der Waals surface area (Å²) in [6.45, 7) is -0.702. The lowest BCUT2D eigenvalue weighted by Gasteiger charge is -2.06. The van der Waals surface area contributed by atoms with Crippen molar-refractivity contribution in [2.45, 2.75) is 13.3 Å². The van der Waals surface area contributed by atoms with Crippen LogP contribution < -0.4 is 4.74 Å². The zero-order valence-electron chi connectivity index (χ0n) is 12.3. The van der Waals surface area contributed by atoms with Crippen LogP contribution in [0.25, 0.3) is 11.1 Å². The minimum absolute atomic E-state index is 0.0409. The molecule has 0 atom stereocenters. The van der Waals surface area contributed by atoms with Gasteiger partial charge < -0.3 is 14.3 Å². The summed E-state index contributed by atoms with van der Waals surface area (Å²) in [6, 6.07) is 10.8. The minimum Gasteiger partial charge on any atom is -0.482 e. The van der Waals surface area contributed by atoms with Crippen LogP contribution in [0.5, 0.6) is 5.75 Å². The number of carbonyl (C=O) groups is 1. The highest BCUT2D eigenvalue weighted by Crippen LogP contribution is 2.23. The normalized spacial score (nSPS) is 10.5. The fourth-order valence-electron chi connectivity index (χ4n) is 2.18. The third-order valence-corrected chi connectivity index (χ3v) is 3.35. The Kier molecular flexibility index (Phi) is 4.12. The van der Waals surface area contributed by atoms with Gasteiger partial charge in [0.25, 0.3) is 0 Å². The second-order valence-corrected chi connectivity index (χ2v) is 4.96. The molecule has 0 aliphatic carbocycles. The van der Waals surface area contributed by atoms with E-state index in [1.165, 1.54) is 30.3 Å². The summed E-state index contributed by atoms with van der Waals surface area (Å²) in [5.74, 6) is -0.521. The number of carboxylic acids is 1. The van der Waals surface area contributed by atoms with Crippen molar-refractivity contribution in [1.82, 2.24) is 4.98 Å². The van der Waals surface area contributed by atoms with Crippen molar-refractivity contribution in [3.8, 4) is 11.8 Å². The number of rotatable bonds is 5. The SMILES string of the molecule is N#Cc1cc(CF)ccc1OCc1nc2ccc(C(=O)O)cc2o1. The highest BCUT2D eigenvalue weighted by atomic mass is 19.1. The van der Waals surface area contributed by atoms with Crippen molar-refractivity contribution in [2.75, 3.05) is 0 Å². The maximum absolute atomic E-state index is 12.6. The van der Waals surface area contributed by atoms with Crippen LogP contribution in [0.3, 0.4) is 0 Å². The molecule has 3 aromatic rings. The van der Waals surface area contributed by atoms with Crippen molar-refractivity contribution in [1.29, 1.82) is 5.26 Å². The summed E-state index contributed by atoms with van der Waals surface area (Å²) in [5, 5.41) is 18.0. The van der Waals surface area contributed by atoms with E-state index in [-0.39, 0.29) is 23.6 Å². The van der Waals surface area contributed by atoms with Crippen LogP contribution in [-0.2, 0) is 13.3 Å². The zero-order valence-corrected chi connectivity index (χ0v) is 12.3. The molecule has 1 N–H and O–H groups in total. The summed E-state index contributed by atoms with van der Waals surface area (Å²) in [6.07, 6.45) is 0. The first kappa shape index (κ1) is 15.5. The van der Waals surface area contributed by atoms with E-state index < -0.39 is 12.6 Å². The lowest BCUT2D eigenvalue weighted by molar-refractivity contribution is 0.0697. The van der Waals surface area contributed by atoms with Gasteiger partial charge in [-0.15, -0.1) is 0 Å². The van der Waals surface area contributed by atoms with E-state index in [0.717, 1.165) is 0 Å². The van der Waals surface area contributed by atoms with Gasteiger partial charge in [-0.05, 0) is 35.9 Å². The van der Waals surface area contributed by atoms with E-state index in [2.05, 4.69) is 4.98 Å². The van der Waals surface area contributed by atoms with Crippen LogP contribution in [0.4, 0.5) is 4.39 Å². The predicted octanol–water partition coefficient (Wildman–Crippen LogP) is 3.45. The van der Waals surface area contributed by atoms with E-state index >= 15 is 0 Å². The topological polar surface area (TPSA) is 96.3 Å². The summed E-state index contributed by atoms with van der Waals surface area (Å²) >= 11 is 0. The van der Waals surface area contributed by atoms with Gasteiger partial charge >= 0.3 is 5.97 Å². The van der Waals surface area contributed by atoms with Crippen LogP contribution in [-0.4, -0.2) is 16.1 Å². The van der Waals surface area contributed by atoms with Gasteiger partial charge in [-0.25, -0.2) is 14.2 Å². The first-order chi connectivity index (χ1) is 11.6. The molecule has 0 aliphatic heterocycles. The number of nitrogens with zero attached hydrogens (tertiary/aromatic N) is 2. The molecule has 0 unspecified atom stereocenters. The quantitative estimate of drug-likeness (QED) is 0.771. The molecule has 0 fully saturated rings. The highest BCUT2D eigenvalue weighted by Gasteiger charge is 2.11. The third-order valence-electron chi connectivity index (χ3n) is 3.35. The fourth-order valence-corrected chi connectivity index (χ4v) is 2.18. The molecule has 0 radical (unpaired) electrons. The molecule has 0 saturated heterocycles. The fraction of sp³-hybridized carbons (Fsp3) is 0.118. The molecule has 2 aromatic carbocycles. The van der Waals surface area contributed by atoms with Gasteiger partial charge in [0.1, 0.15) is 24.0 Å². The Bertz CT molecular complexity index is 959. The predicted molar refractivity (Wildman–Crippen MR) is 81.3 cm³/mol. The van der Waals surface area contributed by atoms with Gasteiger partial charge in [0.05, 0.1) is 11.1 Å². The maximum atomic E-state index is 12.6. The Balaban J connectivity index is 1.81. The summed E-state index contributed by atoms with van der Waals surface area (Å²) in [7, 11) is 0. The molecule has 7 heteroatoms. The Hall–Kier alpha value is -3.40. The number of aromatic carboxylic acids is 1. The molecule has 0 amide bonds. The number of benzene rings is 2. The molecule has 1 aromatic heterocycles. The largest absolute Gasteiger partial charge is 0.482 e. The van der Waals surface area contributed by atoms with E-state index in [1.54, 1.807) is 6.07 Å². The van der Waals surface area contributed by atoms with Crippen LogP contribution >= 0.6 is 0 Å². The number of carboxylic acid groups (broad SMARTS) is 1. The van der Waals surface area contributed by atoms with Crippen LogP contribution in [0, 0.1) is 11.3 Å². The molecule has 24 heavy (non-hydrogen) atoms. The van der Waals surface area contributed by atoms with Gasteiger partial charge in [-0.3, -0.25) is 0 Å². The molecule has 0 bridgehead atoms. The number of ether oxygens (including phenoxy) is 1. The van der Waals surface area contributed by atoms with Crippen molar-refractivity contribution in [3.63, 3.8) is 0 Å². The van der Waals surface area contributed by atoms with Gasteiger partial charge in [0.15, 0.2) is 12.2 Å². The molecule has 0 spiro atoms. The average molecular weight is 326 g/mol. The Morgan fingerprint density at radius 1 is 1.33 bits per heavy atom. The first-order valence-corrected chi connectivity index (χ1v) is 6.95. The van der Waals surface area contributed by atoms with Gasteiger partial charge in [0.2, 0.25) is 5.89 Å². The first-order valence-electron chi connectivity index (χ1n) is 6.95. The zero-order chi connectivity index (χ0) is 17.1. The smallest absolute Gasteiger partial charge is 0.335 e. The Morgan fingerprint density at radius 2 is 2.17 bits per heavy atom. The molecule has 120 valence electrons. The van der Waals surface area contributed by atoms with E-state index in [1.807, 2.05) is 6.07 Å². The molecule has 6 nitrogen and oxygen atoms in total. The van der Waals surface area contributed by atoms with Gasteiger partial charge in [-0.2, -0.15) is 5.26 Å². The lowest BCUT2D eigenvalue weighted by atomic mass is 10.1. The Morgan fingerprint density at radius 3 is 2.88 bits per heavy atom. The summed E-state index contributed by atoms with van der Waals surface area (Å²) in [5.41, 5.74) is 1.55. The minimum atomic E-state index is -1.06. The molecule has 0 aliphatic rings. The van der Waals surface area contributed by atoms with Crippen molar-refractivity contribution >= 4 is 17.1 Å². The second kappa shape index (κ2) is 6.38. The number of hydrogen-bond acceptors (Lipinski definition) is 5. The molecule has 3 rings (SSSR count). The molecule has 1 heterocycles. The van der Waals surface area contributed by atoms with E-state index in [4.69, 9.17) is 19.5 Å². The van der Waals surface area contributed by atoms with Crippen molar-refractivity contribution < 1.29 is 23.4 Å². The number of aromatic nitrogens is 1. The van der Waals surface area contributed by atoms with Crippen molar-refractivity contribution in [2.24, 2.45) is 0 Å². The second-order valence-electron chi connectivity index (χ2n) is 4.96. The molecule has 0 saturated carbocycles. The number of fused-ring (bicyclic) bond motifs is 1. The maximum Gasteiger partial charge on any atom is 0.335 e. The van der Waals surface area contributed by atoms with Crippen LogP contribution in [0.1, 0.15) is 27.4 Å². The number of nitriles is 1. The summed E-state index contributed by atoms with van der Waals surface area (Å²) < 4.78 is 23.6. The lowest BCUT2D eigenvalue weighted by Crippen LogP contribution is -1.98. The monoisotopic (exact) mass is 326 g/mol. The average Bonchev–Trinajstić information content (AvgIpc) is 3.01. The number of oxazole rings is 1. The number of halogens is 1. The third kappa shape index (κ3) is 3.03. The molecular formula is C17H11FN2O4. The van der Waals surface area contributed by atoms with Crippen molar-refractivity contribution in [3.05, 3.63) is 59.0 Å². The van der Waals surface area contributed by atoms with E-state index in [9.17, 15) is 9.18 Å². The number of alkyl halides is 1. The number of hydrogen-bond donors (Lipinski definition) is 1. The van der Waals surface area contributed by atoms with E-state index in [0.29, 0.717) is 22.4 Å². The van der Waals surface area contributed by atoms with Crippen LogP contribution in [0.2, 0.25) is 0 Å². The highest BCUT2D eigenvalue weighted by molar-refractivity contribution is 5.91. The molecular weight excluding hydrogens is 315 g/mol.